The van der Waals surface area contributed by atoms with Crippen LogP contribution < -0.4 is 0 Å². The van der Waals surface area contributed by atoms with Gasteiger partial charge in [-0.05, 0) is 37.1 Å². The average molecular weight is 601 g/mol. The zero-order valence-corrected chi connectivity index (χ0v) is 25.3. The summed E-state index contributed by atoms with van der Waals surface area (Å²) in [5.41, 5.74) is -6.36. The summed E-state index contributed by atoms with van der Waals surface area (Å²) in [4.78, 5) is 54.0. The van der Waals surface area contributed by atoms with Crippen LogP contribution in [0.3, 0.4) is 0 Å². The summed E-state index contributed by atoms with van der Waals surface area (Å²) in [5.74, 6) is -4.31. The van der Waals surface area contributed by atoms with Crippen molar-refractivity contribution in [3.05, 3.63) is 47.0 Å². The van der Waals surface area contributed by atoms with E-state index < -0.39 is 82.2 Å². The number of Topliss-reactive ketones (excluding diaryl/α,β-unsaturated/α-hetero) is 1. The van der Waals surface area contributed by atoms with E-state index in [1.54, 1.807) is 45.9 Å². The van der Waals surface area contributed by atoms with E-state index >= 15 is 0 Å². The monoisotopic (exact) mass is 600 g/mol. The van der Waals surface area contributed by atoms with Crippen LogP contribution in [0.25, 0.3) is 0 Å². The molecule has 2 unspecified atom stereocenters. The van der Waals surface area contributed by atoms with Gasteiger partial charge in [0.05, 0.1) is 35.7 Å². The third-order valence-electron chi connectivity index (χ3n) is 10.5. The van der Waals surface area contributed by atoms with Gasteiger partial charge in [-0.3, -0.25) is 14.4 Å². The molecule has 11 heteroatoms. The van der Waals surface area contributed by atoms with Crippen LogP contribution >= 0.6 is 0 Å². The lowest BCUT2D eigenvalue weighted by molar-refractivity contribution is -0.346. The highest BCUT2D eigenvalue weighted by atomic mass is 16.6. The van der Waals surface area contributed by atoms with E-state index in [2.05, 4.69) is 0 Å². The molecule has 0 radical (unpaired) electrons. The van der Waals surface area contributed by atoms with Gasteiger partial charge in [0.15, 0.2) is 17.5 Å². The maximum atomic E-state index is 14.9. The SMILES string of the molecule is CCC(=O)OC1C(=O)[C@@]2(C)C([C@H](OC(=O)c3ccccc3)[C@]3(O)C[C@H](O)C(C)=C1C3(C)C)[C@]1(OC(C)=O)CO[C@@H]1C[C@@H]2O. The second kappa shape index (κ2) is 10.5. The molecule has 1 heterocycles. The fraction of sp³-hybridized carbons (Fsp3) is 0.625. The number of carbonyl (C=O) groups excluding carboxylic acids is 4. The lowest BCUT2D eigenvalue weighted by Gasteiger charge is -2.67. The molecule has 4 aliphatic rings. The van der Waals surface area contributed by atoms with Gasteiger partial charge in [-0.25, -0.2) is 4.79 Å². The predicted molar refractivity (Wildman–Crippen MR) is 149 cm³/mol. The number of fused-ring (bicyclic) bond motifs is 5. The summed E-state index contributed by atoms with van der Waals surface area (Å²) < 4.78 is 23.7. The van der Waals surface area contributed by atoms with Crippen molar-refractivity contribution >= 4 is 23.7 Å². The van der Waals surface area contributed by atoms with Gasteiger partial charge in [-0.1, -0.05) is 39.0 Å². The second-order valence-electron chi connectivity index (χ2n) is 13.0. The molecule has 3 N–H and O–H groups in total. The number of aliphatic hydroxyl groups is 3. The predicted octanol–water partition coefficient (Wildman–Crippen LogP) is 2.04. The van der Waals surface area contributed by atoms with Gasteiger partial charge in [-0.2, -0.15) is 0 Å². The quantitative estimate of drug-likeness (QED) is 0.257. The van der Waals surface area contributed by atoms with E-state index in [9.17, 15) is 34.5 Å². The molecule has 234 valence electrons. The van der Waals surface area contributed by atoms with E-state index in [4.69, 9.17) is 18.9 Å². The zero-order valence-electron chi connectivity index (χ0n) is 25.3. The zero-order chi connectivity index (χ0) is 31.7. The van der Waals surface area contributed by atoms with Gasteiger partial charge in [-0.15, -0.1) is 0 Å². The minimum Gasteiger partial charge on any atom is -0.455 e. The number of esters is 3. The molecule has 1 aliphatic heterocycles. The lowest BCUT2D eigenvalue weighted by atomic mass is 9.44. The van der Waals surface area contributed by atoms with Crippen LogP contribution in [0.1, 0.15) is 71.2 Å². The van der Waals surface area contributed by atoms with Crippen molar-refractivity contribution < 1.29 is 53.4 Å². The second-order valence-corrected chi connectivity index (χ2v) is 13.0. The van der Waals surface area contributed by atoms with Gasteiger partial charge in [0, 0.05) is 31.6 Å². The summed E-state index contributed by atoms with van der Waals surface area (Å²) in [6.45, 7) is 8.90. The molecule has 2 saturated carbocycles. The first-order valence-corrected chi connectivity index (χ1v) is 14.7. The van der Waals surface area contributed by atoms with Crippen LogP contribution in [0.2, 0.25) is 0 Å². The Balaban J connectivity index is 1.83. The highest BCUT2D eigenvalue weighted by molar-refractivity contribution is 5.95. The molecule has 0 amide bonds. The highest BCUT2D eigenvalue weighted by Gasteiger charge is 2.78. The Bertz CT molecular complexity index is 1370. The summed E-state index contributed by atoms with van der Waals surface area (Å²) >= 11 is 0. The minimum atomic E-state index is -2.11. The third kappa shape index (κ3) is 4.38. The van der Waals surface area contributed by atoms with Crippen molar-refractivity contribution in [3.63, 3.8) is 0 Å². The van der Waals surface area contributed by atoms with Crippen molar-refractivity contribution in [2.75, 3.05) is 6.61 Å². The number of aliphatic hydroxyl groups excluding tert-OH is 2. The highest BCUT2D eigenvalue weighted by Crippen LogP contribution is 2.64. The van der Waals surface area contributed by atoms with Gasteiger partial charge in [0.2, 0.25) is 0 Å². The van der Waals surface area contributed by atoms with Crippen LogP contribution in [-0.2, 0) is 33.3 Å². The molecule has 11 nitrogen and oxygen atoms in total. The summed E-state index contributed by atoms with van der Waals surface area (Å²) in [6.07, 6.45) is -7.32. The molecule has 9 atom stereocenters. The van der Waals surface area contributed by atoms with Crippen molar-refractivity contribution in [2.45, 2.75) is 103 Å². The Morgan fingerprint density at radius 2 is 1.72 bits per heavy atom. The Morgan fingerprint density at radius 3 is 2.28 bits per heavy atom. The molecule has 1 aromatic rings. The van der Waals surface area contributed by atoms with Crippen molar-refractivity contribution in [3.8, 4) is 0 Å². The Kier molecular flexibility index (Phi) is 7.65. The molecular weight excluding hydrogens is 560 g/mol. The van der Waals surface area contributed by atoms with Crippen LogP contribution in [0.15, 0.2) is 41.5 Å². The van der Waals surface area contributed by atoms with Crippen LogP contribution in [0, 0.1) is 16.7 Å². The number of benzene rings is 1. The van der Waals surface area contributed by atoms with Crippen molar-refractivity contribution in [2.24, 2.45) is 16.7 Å². The molecule has 1 aromatic carbocycles. The molecular formula is C32H40O11. The van der Waals surface area contributed by atoms with Gasteiger partial charge >= 0.3 is 17.9 Å². The lowest BCUT2D eigenvalue weighted by Crippen LogP contribution is -2.81. The van der Waals surface area contributed by atoms with Crippen LogP contribution in [-0.4, -0.2) is 87.3 Å². The van der Waals surface area contributed by atoms with Gasteiger partial charge in [0.25, 0.3) is 0 Å². The van der Waals surface area contributed by atoms with E-state index in [1.165, 1.54) is 26.0 Å². The van der Waals surface area contributed by atoms with E-state index in [-0.39, 0.29) is 37.0 Å². The maximum Gasteiger partial charge on any atom is 0.338 e. The van der Waals surface area contributed by atoms with E-state index in [1.807, 2.05) is 0 Å². The minimum absolute atomic E-state index is 0.0589. The van der Waals surface area contributed by atoms with Crippen molar-refractivity contribution in [1.29, 1.82) is 0 Å². The smallest absolute Gasteiger partial charge is 0.338 e. The Labute approximate surface area is 250 Å². The first-order valence-electron chi connectivity index (χ1n) is 14.7. The molecule has 0 spiro atoms. The number of hydrogen-bond donors (Lipinski definition) is 3. The molecule has 3 aliphatic carbocycles. The summed E-state index contributed by atoms with van der Waals surface area (Å²) in [5, 5.41) is 36.0. The van der Waals surface area contributed by atoms with Crippen molar-refractivity contribution in [1.82, 2.24) is 0 Å². The Hall–Kier alpha value is -3.12. The standard InChI is InChI=1S/C32H40O11/c1-7-22(36)41-24-23-16(2)19(34)14-32(39,29(23,4)5)27(42-28(38)18-11-9-8-10-12-18)25-30(6,26(24)37)20(35)13-21-31(25,15-40-21)43-17(3)33/h8-12,19-21,24-25,27,34-35,39H,7,13-15H2,1-6H3/t19-,20-,21+,24?,25?,27-,30+,31-,32+/m0/s1. The van der Waals surface area contributed by atoms with Gasteiger partial charge in [0.1, 0.15) is 17.8 Å². The number of ether oxygens (including phenoxy) is 4. The molecule has 1 saturated heterocycles. The average Bonchev–Trinajstić information content (AvgIpc) is 2.95. The van der Waals surface area contributed by atoms with E-state index in [0.29, 0.717) is 5.57 Å². The number of carbonyl (C=O) groups is 4. The third-order valence-corrected chi connectivity index (χ3v) is 10.5. The fourth-order valence-electron chi connectivity index (χ4n) is 7.95. The molecule has 5 rings (SSSR count). The van der Waals surface area contributed by atoms with E-state index in [0.717, 1.165) is 0 Å². The first kappa shape index (κ1) is 31.3. The summed E-state index contributed by atoms with van der Waals surface area (Å²) in [7, 11) is 0. The molecule has 0 aromatic heterocycles. The first-order chi connectivity index (χ1) is 20.1. The fourth-order valence-corrected chi connectivity index (χ4v) is 7.95. The largest absolute Gasteiger partial charge is 0.455 e. The van der Waals surface area contributed by atoms with Crippen LogP contribution in [0.5, 0.6) is 0 Å². The maximum absolute atomic E-state index is 14.9. The van der Waals surface area contributed by atoms with Gasteiger partial charge < -0.3 is 34.3 Å². The number of ketones is 1. The number of hydrogen-bond acceptors (Lipinski definition) is 11. The molecule has 3 fully saturated rings. The Morgan fingerprint density at radius 1 is 1.07 bits per heavy atom. The normalized spacial score (nSPS) is 39.7. The topological polar surface area (TPSA) is 166 Å². The molecule has 43 heavy (non-hydrogen) atoms. The summed E-state index contributed by atoms with van der Waals surface area (Å²) in [6, 6.07) is 8.06. The molecule has 2 bridgehead atoms. The van der Waals surface area contributed by atoms with Crippen LogP contribution in [0.4, 0.5) is 0 Å². The number of rotatable bonds is 5.